The SMILES string of the molecule is CNCc1nc(C(=O)NC2c3ccccc3-c3ccccc32)co1. The third-order valence-electron chi connectivity index (χ3n) is 4.22. The number of hydrogen-bond acceptors (Lipinski definition) is 4. The fraction of sp³-hybridized carbons (Fsp3) is 0.158. The van der Waals surface area contributed by atoms with Crippen molar-refractivity contribution in [1.82, 2.24) is 15.6 Å². The molecule has 0 saturated carbocycles. The Morgan fingerprint density at radius 2 is 1.71 bits per heavy atom. The zero-order chi connectivity index (χ0) is 16.5. The van der Waals surface area contributed by atoms with Gasteiger partial charge in [-0.15, -0.1) is 0 Å². The lowest BCUT2D eigenvalue weighted by atomic mass is 10.1. The van der Waals surface area contributed by atoms with Gasteiger partial charge in [0.15, 0.2) is 5.69 Å². The number of oxazole rings is 1. The lowest BCUT2D eigenvalue weighted by Crippen LogP contribution is -2.28. The maximum atomic E-state index is 12.6. The molecule has 0 saturated heterocycles. The van der Waals surface area contributed by atoms with Gasteiger partial charge in [0, 0.05) is 0 Å². The van der Waals surface area contributed by atoms with Crippen LogP contribution in [0.1, 0.15) is 33.5 Å². The van der Waals surface area contributed by atoms with Crippen molar-refractivity contribution in [2.75, 3.05) is 7.05 Å². The van der Waals surface area contributed by atoms with Crippen LogP contribution in [0.2, 0.25) is 0 Å². The maximum absolute atomic E-state index is 12.6. The van der Waals surface area contributed by atoms with E-state index in [0.717, 1.165) is 22.3 Å². The summed E-state index contributed by atoms with van der Waals surface area (Å²) in [6, 6.07) is 16.1. The van der Waals surface area contributed by atoms with E-state index in [2.05, 4.69) is 39.9 Å². The van der Waals surface area contributed by atoms with Gasteiger partial charge in [-0.1, -0.05) is 48.5 Å². The molecule has 0 aliphatic heterocycles. The minimum absolute atomic E-state index is 0.172. The van der Waals surface area contributed by atoms with Crippen LogP contribution in [0, 0.1) is 0 Å². The Morgan fingerprint density at radius 1 is 1.08 bits per heavy atom. The smallest absolute Gasteiger partial charge is 0.273 e. The van der Waals surface area contributed by atoms with Crippen LogP contribution in [0.15, 0.2) is 59.2 Å². The van der Waals surface area contributed by atoms with Gasteiger partial charge in [-0.2, -0.15) is 0 Å². The van der Waals surface area contributed by atoms with Gasteiger partial charge in [0.1, 0.15) is 6.26 Å². The summed E-state index contributed by atoms with van der Waals surface area (Å²) in [5.74, 6) is 0.257. The molecule has 1 heterocycles. The maximum Gasteiger partial charge on any atom is 0.273 e. The van der Waals surface area contributed by atoms with Gasteiger partial charge in [-0.3, -0.25) is 4.79 Å². The summed E-state index contributed by atoms with van der Waals surface area (Å²) in [5, 5.41) is 6.03. The second kappa shape index (κ2) is 5.94. The van der Waals surface area contributed by atoms with Crippen LogP contribution in [-0.4, -0.2) is 17.9 Å². The lowest BCUT2D eigenvalue weighted by molar-refractivity contribution is 0.0938. The normalized spacial score (nSPS) is 12.7. The summed E-state index contributed by atoms with van der Waals surface area (Å²) in [4.78, 5) is 16.8. The van der Waals surface area contributed by atoms with E-state index in [-0.39, 0.29) is 11.9 Å². The minimum Gasteiger partial charge on any atom is -0.447 e. The van der Waals surface area contributed by atoms with E-state index in [1.165, 1.54) is 6.26 Å². The fourth-order valence-corrected chi connectivity index (χ4v) is 3.16. The van der Waals surface area contributed by atoms with Crippen molar-refractivity contribution in [3.8, 4) is 11.1 Å². The highest BCUT2D eigenvalue weighted by atomic mass is 16.3. The molecule has 2 aromatic carbocycles. The molecule has 1 amide bonds. The molecule has 0 fully saturated rings. The molecule has 1 aromatic heterocycles. The monoisotopic (exact) mass is 319 g/mol. The molecule has 0 bridgehead atoms. The summed E-state index contributed by atoms with van der Waals surface area (Å²) in [7, 11) is 1.80. The Kier molecular flexibility index (Phi) is 3.63. The topological polar surface area (TPSA) is 67.2 Å². The Balaban J connectivity index is 1.65. The van der Waals surface area contributed by atoms with Crippen LogP contribution in [0.4, 0.5) is 0 Å². The van der Waals surface area contributed by atoms with Crippen molar-refractivity contribution in [3.63, 3.8) is 0 Å². The number of hydrogen-bond donors (Lipinski definition) is 2. The van der Waals surface area contributed by atoms with Crippen LogP contribution in [0.3, 0.4) is 0 Å². The van der Waals surface area contributed by atoms with Crippen LogP contribution in [0.25, 0.3) is 11.1 Å². The molecule has 4 rings (SSSR count). The van der Waals surface area contributed by atoms with E-state index < -0.39 is 0 Å². The Bertz CT molecular complexity index is 855. The molecule has 1 aliphatic carbocycles. The van der Waals surface area contributed by atoms with Gasteiger partial charge in [-0.05, 0) is 29.3 Å². The predicted octanol–water partition coefficient (Wildman–Crippen LogP) is 2.89. The number of aromatic nitrogens is 1. The molecule has 0 atom stereocenters. The molecule has 5 heteroatoms. The molecular formula is C19H17N3O2. The van der Waals surface area contributed by atoms with E-state index in [9.17, 15) is 4.79 Å². The minimum atomic E-state index is -0.238. The number of nitrogens with one attached hydrogen (secondary N) is 2. The van der Waals surface area contributed by atoms with Crippen molar-refractivity contribution in [1.29, 1.82) is 0 Å². The van der Waals surface area contributed by atoms with Crippen LogP contribution >= 0.6 is 0 Å². The van der Waals surface area contributed by atoms with Gasteiger partial charge >= 0.3 is 0 Å². The fourth-order valence-electron chi connectivity index (χ4n) is 3.16. The van der Waals surface area contributed by atoms with Crippen molar-refractivity contribution in [2.45, 2.75) is 12.6 Å². The number of fused-ring (bicyclic) bond motifs is 3. The van der Waals surface area contributed by atoms with Crippen molar-refractivity contribution in [3.05, 3.63) is 77.5 Å². The summed E-state index contributed by atoms with van der Waals surface area (Å²) < 4.78 is 5.30. The average Bonchev–Trinajstić information content (AvgIpc) is 3.20. The van der Waals surface area contributed by atoms with E-state index in [4.69, 9.17) is 4.42 Å². The van der Waals surface area contributed by atoms with Crippen LogP contribution < -0.4 is 10.6 Å². The van der Waals surface area contributed by atoms with Crippen molar-refractivity contribution < 1.29 is 9.21 Å². The van der Waals surface area contributed by atoms with E-state index in [0.29, 0.717) is 18.1 Å². The Hall–Kier alpha value is -2.92. The first kappa shape index (κ1) is 14.7. The van der Waals surface area contributed by atoms with Gasteiger partial charge in [0.05, 0.1) is 12.6 Å². The Labute approximate surface area is 139 Å². The number of nitrogens with zero attached hydrogens (tertiary/aromatic N) is 1. The molecule has 120 valence electrons. The third-order valence-corrected chi connectivity index (χ3v) is 4.22. The third kappa shape index (κ3) is 2.39. The van der Waals surface area contributed by atoms with Gasteiger partial charge < -0.3 is 15.1 Å². The van der Waals surface area contributed by atoms with E-state index >= 15 is 0 Å². The first-order chi connectivity index (χ1) is 11.8. The average molecular weight is 319 g/mol. The van der Waals surface area contributed by atoms with Gasteiger partial charge in [0.25, 0.3) is 5.91 Å². The standard InChI is InChI=1S/C19H17N3O2/c1-20-10-17-21-16(11-24-17)19(23)22-18-14-8-4-2-6-12(14)13-7-3-5-9-15(13)18/h2-9,11,18,20H,10H2,1H3,(H,22,23). The molecule has 0 radical (unpaired) electrons. The highest BCUT2D eigenvalue weighted by molar-refractivity contribution is 5.93. The number of amides is 1. The van der Waals surface area contributed by atoms with Crippen molar-refractivity contribution >= 4 is 5.91 Å². The molecular weight excluding hydrogens is 302 g/mol. The quantitative estimate of drug-likeness (QED) is 0.776. The van der Waals surface area contributed by atoms with Crippen LogP contribution in [-0.2, 0) is 6.54 Å². The molecule has 24 heavy (non-hydrogen) atoms. The summed E-state index contributed by atoms with van der Waals surface area (Å²) in [6.07, 6.45) is 1.40. The highest BCUT2D eigenvalue weighted by Gasteiger charge is 2.29. The highest BCUT2D eigenvalue weighted by Crippen LogP contribution is 2.43. The zero-order valence-electron chi connectivity index (χ0n) is 13.2. The largest absolute Gasteiger partial charge is 0.447 e. The Morgan fingerprint density at radius 3 is 2.33 bits per heavy atom. The first-order valence-electron chi connectivity index (χ1n) is 7.86. The van der Waals surface area contributed by atoms with Gasteiger partial charge in [-0.25, -0.2) is 4.98 Å². The molecule has 3 aromatic rings. The van der Waals surface area contributed by atoms with E-state index in [1.54, 1.807) is 7.05 Å². The molecule has 5 nitrogen and oxygen atoms in total. The zero-order valence-corrected chi connectivity index (χ0v) is 13.2. The van der Waals surface area contributed by atoms with Gasteiger partial charge in [0.2, 0.25) is 5.89 Å². The molecule has 0 spiro atoms. The number of carbonyl (C=O) groups is 1. The number of carbonyl (C=O) groups excluding carboxylic acids is 1. The van der Waals surface area contributed by atoms with Crippen LogP contribution in [0.5, 0.6) is 0 Å². The summed E-state index contributed by atoms with van der Waals surface area (Å²) >= 11 is 0. The molecule has 0 unspecified atom stereocenters. The first-order valence-corrected chi connectivity index (χ1v) is 7.86. The lowest BCUT2D eigenvalue weighted by Gasteiger charge is -2.14. The second-order valence-electron chi connectivity index (χ2n) is 5.74. The summed E-state index contributed by atoms with van der Waals surface area (Å²) in [5.41, 5.74) is 4.82. The number of benzene rings is 2. The predicted molar refractivity (Wildman–Crippen MR) is 90.5 cm³/mol. The van der Waals surface area contributed by atoms with Crippen molar-refractivity contribution in [2.24, 2.45) is 0 Å². The summed E-state index contributed by atoms with van der Waals surface area (Å²) in [6.45, 7) is 0.488. The molecule has 2 N–H and O–H groups in total. The van der Waals surface area contributed by atoms with E-state index in [1.807, 2.05) is 24.3 Å². The number of rotatable bonds is 4. The molecule has 1 aliphatic rings. The second-order valence-corrected chi connectivity index (χ2v) is 5.74.